The Labute approximate surface area is 161 Å². The largest absolute Gasteiger partial charge is 0.350 e. The highest BCUT2D eigenvalue weighted by molar-refractivity contribution is 7.89. The van der Waals surface area contributed by atoms with Crippen molar-refractivity contribution in [1.29, 1.82) is 0 Å². The van der Waals surface area contributed by atoms with Crippen molar-refractivity contribution < 1.29 is 22.7 Å². The average Bonchev–Trinajstić information content (AvgIpc) is 3.23. The Morgan fingerprint density at radius 1 is 1.15 bits per heavy atom. The molecule has 0 aliphatic carbocycles. The number of ether oxygens (including phenoxy) is 2. The van der Waals surface area contributed by atoms with Gasteiger partial charge in [-0.05, 0) is 31.0 Å². The zero-order chi connectivity index (χ0) is 19.4. The van der Waals surface area contributed by atoms with Crippen LogP contribution in [0.1, 0.15) is 37.0 Å². The summed E-state index contributed by atoms with van der Waals surface area (Å²) in [5.41, 5.74) is 0.412. The highest BCUT2D eigenvalue weighted by Gasteiger charge is 2.32. The molecule has 0 unspecified atom stereocenters. The van der Waals surface area contributed by atoms with Crippen molar-refractivity contribution in [3.05, 3.63) is 29.8 Å². The minimum absolute atomic E-state index is 0.127. The molecule has 8 heteroatoms. The monoisotopic (exact) mass is 396 g/mol. The molecule has 0 saturated carbocycles. The fourth-order valence-electron chi connectivity index (χ4n) is 3.71. The number of carbonyl (C=O) groups is 1. The van der Waals surface area contributed by atoms with Gasteiger partial charge in [0.15, 0.2) is 6.29 Å². The van der Waals surface area contributed by atoms with Crippen LogP contribution in [0.4, 0.5) is 0 Å². The Hall–Kier alpha value is -1.48. The van der Waals surface area contributed by atoms with Gasteiger partial charge in [0.25, 0.3) is 5.91 Å². The standard InChI is InChI=1S/C19H28N2O5S/c1-3-21(4-2)27(23,24)17-7-5-6-16(14-17)18(22)20-10-8-15(9-11-20)19-25-12-13-26-19/h5-7,14-15,19H,3-4,8-13H2,1-2H3. The van der Waals surface area contributed by atoms with E-state index in [1.165, 1.54) is 10.4 Å². The third-order valence-electron chi connectivity index (χ3n) is 5.28. The van der Waals surface area contributed by atoms with Gasteiger partial charge in [-0.3, -0.25) is 4.79 Å². The Kier molecular flexibility index (Phi) is 6.52. The van der Waals surface area contributed by atoms with Crippen molar-refractivity contribution in [3.8, 4) is 0 Å². The lowest BCUT2D eigenvalue weighted by Crippen LogP contribution is -2.41. The summed E-state index contributed by atoms with van der Waals surface area (Å²) in [5.74, 6) is 0.184. The van der Waals surface area contributed by atoms with Crippen LogP contribution in [-0.2, 0) is 19.5 Å². The van der Waals surface area contributed by atoms with Crippen LogP contribution in [0.5, 0.6) is 0 Å². The second-order valence-electron chi connectivity index (χ2n) is 6.86. The molecule has 2 heterocycles. The molecule has 0 spiro atoms. The van der Waals surface area contributed by atoms with E-state index in [-0.39, 0.29) is 17.1 Å². The quantitative estimate of drug-likeness (QED) is 0.735. The minimum atomic E-state index is -3.58. The summed E-state index contributed by atoms with van der Waals surface area (Å²) in [6.07, 6.45) is 1.51. The van der Waals surface area contributed by atoms with Gasteiger partial charge in [-0.25, -0.2) is 8.42 Å². The third kappa shape index (κ3) is 4.34. The molecule has 0 aromatic heterocycles. The molecule has 2 aliphatic heterocycles. The van der Waals surface area contributed by atoms with Gasteiger partial charge in [-0.1, -0.05) is 19.9 Å². The van der Waals surface area contributed by atoms with Crippen LogP contribution in [0.15, 0.2) is 29.2 Å². The topological polar surface area (TPSA) is 76.2 Å². The molecule has 2 saturated heterocycles. The van der Waals surface area contributed by atoms with Crippen LogP contribution in [-0.4, -0.2) is 69.2 Å². The number of rotatable bonds is 6. The smallest absolute Gasteiger partial charge is 0.253 e. The van der Waals surface area contributed by atoms with Crippen molar-refractivity contribution in [2.24, 2.45) is 5.92 Å². The number of sulfonamides is 1. The van der Waals surface area contributed by atoms with Gasteiger partial charge < -0.3 is 14.4 Å². The molecule has 0 N–H and O–H groups in total. The number of piperidine rings is 1. The van der Waals surface area contributed by atoms with E-state index < -0.39 is 10.0 Å². The highest BCUT2D eigenvalue weighted by atomic mass is 32.2. The van der Waals surface area contributed by atoms with Crippen LogP contribution in [0.2, 0.25) is 0 Å². The van der Waals surface area contributed by atoms with Crippen molar-refractivity contribution in [3.63, 3.8) is 0 Å². The lowest BCUT2D eigenvalue weighted by molar-refractivity contribution is -0.0956. The van der Waals surface area contributed by atoms with Gasteiger partial charge >= 0.3 is 0 Å². The van der Waals surface area contributed by atoms with Gasteiger partial charge in [0, 0.05) is 37.7 Å². The van der Waals surface area contributed by atoms with E-state index >= 15 is 0 Å². The first-order valence-corrected chi connectivity index (χ1v) is 11.0. The highest BCUT2D eigenvalue weighted by Crippen LogP contribution is 2.27. The molecule has 1 aromatic carbocycles. The lowest BCUT2D eigenvalue weighted by Gasteiger charge is -2.34. The summed E-state index contributed by atoms with van der Waals surface area (Å²) in [6.45, 7) is 6.93. The third-order valence-corrected chi connectivity index (χ3v) is 7.33. The van der Waals surface area contributed by atoms with Crippen molar-refractivity contribution in [1.82, 2.24) is 9.21 Å². The molecule has 150 valence electrons. The molecule has 0 bridgehead atoms. The molecule has 0 atom stereocenters. The predicted molar refractivity (Wildman–Crippen MR) is 101 cm³/mol. The van der Waals surface area contributed by atoms with E-state index in [0.29, 0.717) is 50.9 Å². The maximum absolute atomic E-state index is 12.9. The van der Waals surface area contributed by atoms with E-state index in [0.717, 1.165) is 12.8 Å². The van der Waals surface area contributed by atoms with Crippen molar-refractivity contribution in [2.45, 2.75) is 37.9 Å². The Balaban J connectivity index is 1.69. The fourth-order valence-corrected chi connectivity index (χ4v) is 5.21. The molecule has 0 radical (unpaired) electrons. The summed E-state index contributed by atoms with van der Waals surface area (Å²) in [6, 6.07) is 6.35. The van der Waals surface area contributed by atoms with Crippen molar-refractivity contribution in [2.75, 3.05) is 39.4 Å². The van der Waals surface area contributed by atoms with Crippen LogP contribution in [0.25, 0.3) is 0 Å². The van der Waals surface area contributed by atoms with E-state index in [9.17, 15) is 13.2 Å². The first-order chi connectivity index (χ1) is 13.0. The van der Waals surface area contributed by atoms with Gasteiger partial charge in [0.1, 0.15) is 0 Å². The number of hydrogen-bond acceptors (Lipinski definition) is 5. The number of benzene rings is 1. The summed E-state index contributed by atoms with van der Waals surface area (Å²) in [5, 5.41) is 0. The van der Waals surface area contributed by atoms with Crippen LogP contribution in [0.3, 0.4) is 0 Å². The number of carbonyl (C=O) groups excluding carboxylic acids is 1. The molecular weight excluding hydrogens is 368 g/mol. The molecule has 1 aromatic rings. The fraction of sp³-hybridized carbons (Fsp3) is 0.632. The molecule has 7 nitrogen and oxygen atoms in total. The summed E-state index contributed by atoms with van der Waals surface area (Å²) < 4.78 is 38.0. The second kappa shape index (κ2) is 8.68. The first-order valence-electron chi connectivity index (χ1n) is 9.60. The van der Waals surface area contributed by atoms with Crippen molar-refractivity contribution >= 4 is 15.9 Å². The van der Waals surface area contributed by atoms with Crippen LogP contribution in [0, 0.1) is 5.92 Å². The van der Waals surface area contributed by atoms with E-state index in [2.05, 4.69) is 0 Å². The number of nitrogens with zero attached hydrogens (tertiary/aromatic N) is 2. The zero-order valence-electron chi connectivity index (χ0n) is 16.0. The number of amides is 1. The Morgan fingerprint density at radius 2 is 1.78 bits per heavy atom. The molecule has 2 fully saturated rings. The zero-order valence-corrected chi connectivity index (χ0v) is 16.8. The predicted octanol–water partition coefficient (Wildman–Crippen LogP) is 1.94. The number of likely N-dealkylation sites (tertiary alicyclic amines) is 1. The Bertz CT molecular complexity index is 749. The number of hydrogen-bond donors (Lipinski definition) is 0. The lowest BCUT2D eigenvalue weighted by atomic mass is 9.95. The van der Waals surface area contributed by atoms with E-state index in [4.69, 9.17) is 9.47 Å². The first kappa shape index (κ1) is 20.3. The summed E-state index contributed by atoms with van der Waals surface area (Å²) in [7, 11) is -3.58. The summed E-state index contributed by atoms with van der Waals surface area (Å²) in [4.78, 5) is 14.8. The van der Waals surface area contributed by atoms with Gasteiger partial charge in [0.2, 0.25) is 10.0 Å². The molecular formula is C19H28N2O5S. The molecule has 3 rings (SSSR count). The van der Waals surface area contributed by atoms with Gasteiger partial charge in [0.05, 0.1) is 18.1 Å². The molecule has 2 aliphatic rings. The SMILES string of the molecule is CCN(CC)S(=O)(=O)c1cccc(C(=O)N2CCC(C3OCCO3)CC2)c1. The summed E-state index contributed by atoms with van der Waals surface area (Å²) >= 11 is 0. The van der Waals surface area contributed by atoms with Gasteiger partial charge in [-0.2, -0.15) is 4.31 Å². The minimum Gasteiger partial charge on any atom is -0.350 e. The van der Waals surface area contributed by atoms with Crippen LogP contribution < -0.4 is 0 Å². The molecule has 1 amide bonds. The van der Waals surface area contributed by atoms with E-state index in [1.54, 1.807) is 36.9 Å². The molecule has 27 heavy (non-hydrogen) atoms. The average molecular weight is 397 g/mol. The van der Waals surface area contributed by atoms with Gasteiger partial charge in [-0.15, -0.1) is 0 Å². The Morgan fingerprint density at radius 3 is 2.37 bits per heavy atom. The maximum Gasteiger partial charge on any atom is 0.253 e. The maximum atomic E-state index is 12.9. The normalized spacial score (nSPS) is 19.7. The van der Waals surface area contributed by atoms with E-state index in [1.807, 2.05) is 0 Å². The second-order valence-corrected chi connectivity index (χ2v) is 8.79. The van der Waals surface area contributed by atoms with Crippen LogP contribution >= 0.6 is 0 Å².